The SMILES string of the molecule is CCCCCCc1cc(CCCCCC)cc(C2(c3cc(CCCCCC)cc(CCCCCC)c3)c3ccsc3-c3sc4c5c(sc4c32)-c2sccc2C5(c2cc(CCCCCC)cc(CCCCCC)c2)c2cc(CCCCCC)cc(CCCCCC)c2)c1. The highest BCUT2D eigenvalue weighted by atomic mass is 32.1. The third kappa shape index (κ3) is 16.2. The summed E-state index contributed by atoms with van der Waals surface area (Å²) in [7, 11) is 0. The molecule has 0 atom stereocenters. The van der Waals surface area contributed by atoms with Crippen LogP contribution >= 0.6 is 45.3 Å². The smallest absolute Gasteiger partial charge is 0.0745 e. The van der Waals surface area contributed by atoms with Crippen molar-refractivity contribution < 1.29 is 0 Å². The van der Waals surface area contributed by atoms with Crippen molar-refractivity contribution in [2.45, 2.75) is 323 Å². The molecule has 10 rings (SSSR count). The fraction of sp³-hybridized carbons (Fsp3) is 0.568. The van der Waals surface area contributed by atoms with E-state index in [1.165, 1.54) is 237 Å². The third-order valence-electron chi connectivity index (χ3n) is 21.3. The van der Waals surface area contributed by atoms with Crippen LogP contribution in [-0.4, -0.2) is 0 Å². The quantitative estimate of drug-likeness (QED) is 0.0334. The van der Waals surface area contributed by atoms with E-state index in [2.05, 4.69) is 174 Å². The van der Waals surface area contributed by atoms with Gasteiger partial charge in [-0.15, -0.1) is 45.3 Å². The summed E-state index contributed by atoms with van der Waals surface area (Å²) in [5.74, 6) is 0. The normalized spacial score (nSPS) is 13.6. The second-order valence-electron chi connectivity index (χ2n) is 28.7. The van der Waals surface area contributed by atoms with E-state index in [1.54, 1.807) is 85.9 Å². The Labute approximate surface area is 577 Å². The van der Waals surface area contributed by atoms with Gasteiger partial charge in [-0.3, -0.25) is 0 Å². The van der Waals surface area contributed by atoms with Crippen LogP contribution in [0, 0.1) is 0 Å². The molecule has 4 heterocycles. The first-order valence-electron chi connectivity index (χ1n) is 38.6. The highest BCUT2D eigenvalue weighted by Crippen LogP contribution is 2.70. The number of unbranched alkanes of at least 4 members (excludes halogenated alkanes) is 24. The second-order valence-corrected chi connectivity index (χ2v) is 32.6. The Morgan fingerprint density at radius 3 is 0.641 bits per heavy atom. The molecule has 4 heteroatoms. The van der Waals surface area contributed by atoms with Crippen LogP contribution in [0.15, 0.2) is 95.7 Å². The topological polar surface area (TPSA) is 0 Å². The van der Waals surface area contributed by atoms with Crippen LogP contribution in [0.1, 0.15) is 350 Å². The molecule has 0 unspecified atom stereocenters. The van der Waals surface area contributed by atoms with Gasteiger partial charge < -0.3 is 0 Å². The summed E-state index contributed by atoms with van der Waals surface area (Å²) in [5, 5.41) is 4.98. The Bertz CT molecular complexity index is 3030. The van der Waals surface area contributed by atoms with E-state index in [0.29, 0.717) is 0 Å². The van der Waals surface area contributed by atoms with Crippen molar-refractivity contribution in [3.05, 3.63) is 185 Å². The minimum atomic E-state index is -0.453. The molecule has 0 bridgehead atoms. The van der Waals surface area contributed by atoms with Gasteiger partial charge in [0.15, 0.2) is 0 Å². The largest absolute Gasteiger partial charge is 0.143 e. The van der Waals surface area contributed by atoms with Crippen molar-refractivity contribution in [3.63, 3.8) is 0 Å². The molecule has 8 aromatic rings. The zero-order chi connectivity index (χ0) is 64.1. The van der Waals surface area contributed by atoms with Crippen molar-refractivity contribution >= 4 is 54.7 Å². The van der Waals surface area contributed by atoms with Crippen LogP contribution < -0.4 is 0 Å². The van der Waals surface area contributed by atoms with Gasteiger partial charge >= 0.3 is 0 Å². The summed E-state index contributed by atoms with van der Waals surface area (Å²) >= 11 is 8.52. The molecule has 2 aliphatic carbocycles. The minimum absolute atomic E-state index is 0.453. The summed E-state index contributed by atoms with van der Waals surface area (Å²) in [6.45, 7) is 19.0. The van der Waals surface area contributed by atoms with E-state index in [0.717, 1.165) is 51.4 Å². The molecule has 0 nitrogen and oxygen atoms in total. The van der Waals surface area contributed by atoms with Gasteiger partial charge in [-0.2, -0.15) is 0 Å². The number of hydrogen-bond acceptors (Lipinski definition) is 4. The average Bonchev–Trinajstić information content (AvgIpc) is 1.49. The molecule has 2 aliphatic rings. The zero-order valence-electron chi connectivity index (χ0n) is 59.2. The molecule has 0 N–H and O–H groups in total. The second kappa shape index (κ2) is 35.8. The molecule has 4 aromatic heterocycles. The zero-order valence-corrected chi connectivity index (χ0v) is 62.4. The van der Waals surface area contributed by atoms with Crippen LogP contribution in [-0.2, 0) is 62.2 Å². The Hall–Kier alpha value is -4.06. The lowest BCUT2D eigenvalue weighted by molar-refractivity contribution is 0.656. The average molecular weight is 1310 g/mol. The van der Waals surface area contributed by atoms with Gasteiger partial charge in [0.1, 0.15) is 0 Å². The van der Waals surface area contributed by atoms with Crippen molar-refractivity contribution in [2.24, 2.45) is 0 Å². The van der Waals surface area contributed by atoms with Crippen LogP contribution in [0.2, 0.25) is 0 Å². The summed E-state index contributed by atoms with van der Waals surface area (Å²) in [6.07, 6.45) is 50.5. The third-order valence-corrected chi connectivity index (χ3v) is 26.0. The number of hydrogen-bond donors (Lipinski definition) is 0. The summed E-state index contributed by atoms with van der Waals surface area (Å²) < 4.78 is 3.15. The minimum Gasteiger partial charge on any atom is -0.143 e. The van der Waals surface area contributed by atoms with Crippen LogP contribution in [0.25, 0.3) is 28.9 Å². The molecule has 0 amide bonds. The number of benzene rings is 4. The first kappa shape index (κ1) is 70.7. The Morgan fingerprint density at radius 2 is 0.446 bits per heavy atom. The van der Waals surface area contributed by atoms with E-state index in [9.17, 15) is 0 Å². The van der Waals surface area contributed by atoms with E-state index >= 15 is 0 Å². The lowest BCUT2D eigenvalue weighted by Gasteiger charge is -2.35. The van der Waals surface area contributed by atoms with Crippen LogP contribution in [0.4, 0.5) is 0 Å². The molecule has 0 saturated heterocycles. The van der Waals surface area contributed by atoms with Gasteiger partial charge in [0.05, 0.1) is 30.0 Å². The van der Waals surface area contributed by atoms with Gasteiger partial charge in [0.2, 0.25) is 0 Å². The van der Waals surface area contributed by atoms with Crippen molar-refractivity contribution in [3.8, 4) is 19.5 Å². The Balaban J connectivity index is 1.30. The van der Waals surface area contributed by atoms with E-state index < -0.39 is 10.8 Å². The number of rotatable bonds is 44. The molecule has 0 radical (unpaired) electrons. The Kier molecular flexibility index (Phi) is 27.5. The molecule has 0 fully saturated rings. The number of thiophene rings is 4. The molecule has 0 spiro atoms. The highest BCUT2D eigenvalue weighted by Gasteiger charge is 2.55. The fourth-order valence-corrected chi connectivity index (χ4v) is 21.8. The molecule has 92 heavy (non-hydrogen) atoms. The first-order chi connectivity index (χ1) is 45.3. The molecule has 496 valence electrons. The number of fused-ring (bicyclic) bond motifs is 9. The van der Waals surface area contributed by atoms with Gasteiger partial charge in [0.25, 0.3) is 0 Å². The molecule has 0 saturated carbocycles. The summed E-state index contributed by atoms with van der Waals surface area (Å²) in [6, 6.07) is 38.2. The van der Waals surface area contributed by atoms with Crippen LogP contribution in [0.5, 0.6) is 0 Å². The maximum atomic E-state index is 2.78. The first-order valence-corrected chi connectivity index (χ1v) is 42.0. The predicted molar refractivity (Wildman–Crippen MR) is 413 cm³/mol. The van der Waals surface area contributed by atoms with Gasteiger partial charge in [-0.25, -0.2) is 0 Å². The fourth-order valence-electron chi connectivity index (χ4n) is 16.4. The molecular weight excluding hydrogens is 1190 g/mol. The molecular formula is C88H120S4. The molecule has 4 aromatic carbocycles. The predicted octanol–water partition coefficient (Wildman–Crippen LogP) is 28.8. The van der Waals surface area contributed by atoms with Gasteiger partial charge in [-0.1, -0.05) is 282 Å². The van der Waals surface area contributed by atoms with Crippen molar-refractivity contribution in [1.29, 1.82) is 0 Å². The lowest BCUT2D eigenvalue weighted by atomic mass is 9.66. The van der Waals surface area contributed by atoms with Gasteiger partial charge in [0, 0.05) is 20.9 Å². The summed E-state index contributed by atoms with van der Waals surface area (Å²) in [5.41, 5.74) is 24.1. The molecule has 0 aliphatic heterocycles. The maximum Gasteiger partial charge on any atom is 0.0745 e. The van der Waals surface area contributed by atoms with E-state index in [1.807, 2.05) is 22.7 Å². The highest BCUT2D eigenvalue weighted by molar-refractivity contribution is 7.34. The summed E-state index contributed by atoms with van der Waals surface area (Å²) in [4.78, 5) is 6.18. The van der Waals surface area contributed by atoms with Crippen LogP contribution in [0.3, 0.4) is 0 Å². The lowest BCUT2D eigenvalue weighted by Crippen LogP contribution is -2.30. The van der Waals surface area contributed by atoms with Gasteiger partial charge in [-0.05, 0) is 204 Å². The maximum absolute atomic E-state index is 2.78. The Morgan fingerprint density at radius 1 is 0.239 bits per heavy atom. The van der Waals surface area contributed by atoms with E-state index in [-0.39, 0.29) is 0 Å². The van der Waals surface area contributed by atoms with E-state index in [4.69, 9.17) is 0 Å². The standard InChI is InChI=1S/C88H120S4/c1-9-17-25-33-41-65-53-66(42-34-26-18-10-2)58-73(57-65)87(74-59-67(43-35-27-19-11-3)54-68(60-74)44-36-28-20-12-4)77-49-51-89-81(77)83-79(87)85-86(91-83)80-84(92-85)82-78(50-52-90-82)88(80,75-61-69(45-37-29-21-13-5)55-70(62-75)46-38-30-22-14-6)76-63-71(47-39-31-23-15-7)56-72(64-76)48-40-32-24-16-8/h49-64H,9-48H2,1-8H3. The monoisotopic (exact) mass is 1300 g/mol. The number of aryl methyl sites for hydroxylation is 8. The van der Waals surface area contributed by atoms with Crippen molar-refractivity contribution in [2.75, 3.05) is 0 Å². The van der Waals surface area contributed by atoms with Crippen molar-refractivity contribution in [1.82, 2.24) is 0 Å².